The van der Waals surface area contributed by atoms with Gasteiger partial charge in [-0.15, -0.1) is 0 Å². The normalized spacial score (nSPS) is 9.93. The van der Waals surface area contributed by atoms with Crippen LogP contribution in [0.25, 0.3) is 0 Å². The summed E-state index contributed by atoms with van der Waals surface area (Å²) in [6.07, 6.45) is 5.95. The first kappa shape index (κ1) is 11.8. The summed E-state index contributed by atoms with van der Waals surface area (Å²) in [7, 11) is 0. The van der Waals surface area contributed by atoms with E-state index in [1.54, 1.807) is 0 Å². The largest absolute Gasteiger partial charge is 0.385 e. The molecule has 0 amide bonds. The topological polar surface area (TPSA) is 29.1 Å². The summed E-state index contributed by atoms with van der Waals surface area (Å²) in [6, 6.07) is 7.57. The van der Waals surface area contributed by atoms with E-state index in [0.717, 1.165) is 24.1 Å². The second-order valence-corrected chi connectivity index (χ2v) is 3.73. The molecule has 15 heavy (non-hydrogen) atoms. The maximum atomic E-state index is 10.4. The number of rotatable bonds is 7. The van der Waals surface area contributed by atoms with Crippen LogP contribution in [0.2, 0.25) is 0 Å². The van der Waals surface area contributed by atoms with Crippen molar-refractivity contribution in [3.8, 4) is 0 Å². The Morgan fingerprint density at radius 3 is 2.47 bits per heavy atom. The van der Waals surface area contributed by atoms with Crippen LogP contribution in [0.4, 0.5) is 5.69 Å². The smallest absolute Gasteiger partial charge is 0.150 e. The number of benzene rings is 1. The molecule has 1 rings (SSSR count). The highest BCUT2D eigenvalue weighted by Gasteiger charge is 1.92. The minimum absolute atomic E-state index is 0.728. The van der Waals surface area contributed by atoms with E-state index < -0.39 is 0 Å². The third kappa shape index (κ3) is 4.63. The number of nitrogens with one attached hydrogen (secondary N) is 1. The first-order chi connectivity index (χ1) is 7.36. The number of hydrogen-bond donors (Lipinski definition) is 1. The Morgan fingerprint density at radius 1 is 1.13 bits per heavy atom. The second-order valence-electron chi connectivity index (χ2n) is 3.73. The van der Waals surface area contributed by atoms with Gasteiger partial charge in [0.2, 0.25) is 0 Å². The summed E-state index contributed by atoms with van der Waals surface area (Å²) in [5, 5.41) is 3.34. The predicted octanol–water partition coefficient (Wildman–Crippen LogP) is 3.49. The maximum absolute atomic E-state index is 10.4. The Bertz CT molecular complexity index is 279. The van der Waals surface area contributed by atoms with Crippen molar-refractivity contribution in [2.75, 3.05) is 11.9 Å². The fourth-order valence-electron chi connectivity index (χ4n) is 1.46. The van der Waals surface area contributed by atoms with Crippen LogP contribution in [-0.2, 0) is 0 Å². The van der Waals surface area contributed by atoms with E-state index in [9.17, 15) is 4.79 Å². The monoisotopic (exact) mass is 205 g/mol. The molecule has 0 heterocycles. The molecule has 2 heteroatoms. The molecule has 0 unspecified atom stereocenters. The lowest BCUT2D eigenvalue weighted by atomic mass is 10.2. The van der Waals surface area contributed by atoms with Gasteiger partial charge in [0.05, 0.1) is 0 Å². The van der Waals surface area contributed by atoms with Gasteiger partial charge >= 0.3 is 0 Å². The zero-order chi connectivity index (χ0) is 10.9. The molecule has 0 bridgehead atoms. The average Bonchev–Trinajstić information content (AvgIpc) is 2.30. The van der Waals surface area contributed by atoms with Crippen molar-refractivity contribution in [2.45, 2.75) is 32.6 Å². The van der Waals surface area contributed by atoms with Gasteiger partial charge in [-0.3, -0.25) is 4.79 Å². The zero-order valence-corrected chi connectivity index (χ0v) is 9.33. The number of hydrogen-bond acceptors (Lipinski definition) is 2. The quantitative estimate of drug-likeness (QED) is 0.545. The zero-order valence-electron chi connectivity index (χ0n) is 9.33. The first-order valence-electron chi connectivity index (χ1n) is 5.66. The van der Waals surface area contributed by atoms with Crippen molar-refractivity contribution in [3.63, 3.8) is 0 Å². The predicted molar refractivity (Wildman–Crippen MR) is 64.5 cm³/mol. The number of carbonyl (C=O) groups excluding carboxylic acids is 1. The highest BCUT2D eigenvalue weighted by Crippen LogP contribution is 2.08. The molecule has 0 atom stereocenters. The van der Waals surface area contributed by atoms with Crippen molar-refractivity contribution in [2.24, 2.45) is 0 Å². The van der Waals surface area contributed by atoms with Crippen LogP contribution >= 0.6 is 0 Å². The van der Waals surface area contributed by atoms with E-state index in [2.05, 4.69) is 12.2 Å². The standard InChI is InChI=1S/C13H19NO/c1-2-3-4-5-10-14-13-8-6-12(11-15)7-9-13/h6-9,11,14H,2-5,10H2,1H3. The summed E-state index contributed by atoms with van der Waals surface area (Å²) in [5.41, 5.74) is 1.82. The molecule has 1 N–H and O–H groups in total. The van der Waals surface area contributed by atoms with Crippen LogP contribution in [0.15, 0.2) is 24.3 Å². The van der Waals surface area contributed by atoms with Crippen molar-refractivity contribution >= 4 is 12.0 Å². The summed E-state index contributed by atoms with van der Waals surface area (Å²) >= 11 is 0. The van der Waals surface area contributed by atoms with Crippen molar-refractivity contribution < 1.29 is 4.79 Å². The molecule has 2 nitrogen and oxygen atoms in total. The third-order valence-corrected chi connectivity index (χ3v) is 2.41. The van der Waals surface area contributed by atoms with E-state index >= 15 is 0 Å². The highest BCUT2D eigenvalue weighted by molar-refractivity contribution is 5.75. The van der Waals surface area contributed by atoms with E-state index in [1.165, 1.54) is 25.7 Å². The Morgan fingerprint density at radius 2 is 1.87 bits per heavy atom. The summed E-state index contributed by atoms with van der Waals surface area (Å²) in [6.45, 7) is 3.23. The van der Waals surface area contributed by atoms with Gasteiger partial charge in [0, 0.05) is 17.8 Å². The molecule has 0 aromatic heterocycles. The fourth-order valence-corrected chi connectivity index (χ4v) is 1.46. The lowest BCUT2D eigenvalue weighted by Gasteiger charge is -2.05. The number of carbonyl (C=O) groups is 1. The molecule has 0 fully saturated rings. The lowest BCUT2D eigenvalue weighted by molar-refractivity contribution is 0.112. The Labute approximate surface area is 91.7 Å². The van der Waals surface area contributed by atoms with E-state index in [1.807, 2.05) is 24.3 Å². The van der Waals surface area contributed by atoms with Crippen molar-refractivity contribution in [3.05, 3.63) is 29.8 Å². The molecule has 0 spiro atoms. The van der Waals surface area contributed by atoms with Gasteiger partial charge in [0.1, 0.15) is 6.29 Å². The van der Waals surface area contributed by atoms with Gasteiger partial charge < -0.3 is 5.32 Å². The lowest BCUT2D eigenvalue weighted by Crippen LogP contribution is -2.01. The van der Waals surface area contributed by atoms with E-state index in [0.29, 0.717) is 0 Å². The van der Waals surface area contributed by atoms with E-state index in [-0.39, 0.29) is 0 Å². The van der Waals surface area contributed by atoms with E-state index in [4.69, 9.17) is 0 Å². The molecule has 0 radical (unpaired) electrons. The second kappa shape index (κ2) is 7.04. The molecule has 0 aliphatic rings. The molecule has 0 saturated heterocycles. The summed E-state index contributed by atoms with van der Waals surface area (Å²) < 4.78 is 0. The maximum Gasteiger partial charge on any atom is 0.150 e. The van der Waals surface area contributed by atoms with Crippen LogP contribution in [0, 0.1) is 0 Å². The Balaban J connectivity index is 2.22. The van der Waals surface area contributed by atoms with Gasteiger partial charge in [-0.2, -0.15) is 0 Å². The van der Waals surface area contributed by atoms with Crippen LogP contribution < -0.4 is 5.32 Å². The van der Waals surface area contributed by atoms with Crippen LogP contribution in [0.1, 0.15) is 43.0 Å². The molecule has 1 aromatic carbocycles. The van der Waals surface area contributed by atoms with Crippen molar-refractivity contribution in [1.29, 1.82) is 0 Å². The number of anilines is 1. The molecule has 0 aliphatic carbocycles. The van der Waals surface area contributed by atoms with Gasteiger partial charge in [-0.1, -0.05) is 26.2 Å². The molecule has 1 aromatic rings. The Hall–Kier alpha value is -1.31. The number of aldehydes is 1. The summed E-state index contributed by atoms with van der Waals surface area (Å²) in [4.78, 5) is 10.4. The van der Waals surface area contributed by atoms with Crippen LogP contribution in [0.3, 0.4) is 0 Å². The van der Waals surface area contributed by atoms with Gasteiger partial charge in [-0.25, -0.2) is 0 Å². The highest BCUT2D eigenvalue weighted by atomic mass is 16.1. The SMILES string of the molecule is CCCCCCNc1ccc(C=O)cc1. The molecular weight excluding hydrogens is 186 g/mol. The minimum atomic E-state index is 0.728. The molecule has 0 saturated carbocycles. The van der Waals surface area contributed by atoms with Gasteiger partial charge in [0.15, 0.2) is 0 Å². The summed E-state index contributed by atoms with van der Waals surface area (Å²) in [5.74, 6) is 0. The molecular formula is C13H19NO. The molecule has 0 aliphatic heterocycles. The molecule has 82 valence electrons. The first-order valence-corrected chi connectivity index (χ1v) is 5.66. The number of unbranched alkanes of at least 4 members (excludes halogenated alkanes) is 3. The van der Waals surface area contributed by atoms with Crippen molar-refractivity contribution in [1.82, 2.24) is 0 Å². The fraction of sp³-hybridized carbons (Fsp3) is 0.462. The third-order valence-electron chi connectivity index (χ3n) is 2.41. The van der Waals surface area contributed by atoms with Gasteiger partial charge in [0.25, 0.3) is 0 Å². The van der Waals surface area contributed by atoms with Crippen LogP contribution in [0.5, 0.6) is 0 Å². The van der Waals surface area contributed by atoms with Gasteiger partial charge in [-0.05, 0) is 30.7 Å². The minimum Gasteiger partial charge on any atom is -0.385 e. The van der Waals surface area contributed by atoms with Crippen LogP contribution in [-0.4, -0.2) is 12.8 Å². The Kier molecular flexibility index (Phi) is 5.52. The average molecular weight is 205 g/mol.